The lowest BCUT2D eigenvalue weighted by Crippen LogP contribution is -2.33. The minimum absolute atomic E-state index is 0.364. The first-order chi connectivity index (χ1) is 7.79. The van der Waals surface area contributed by atoms with Crippen molar-refractivity contribution in [2.45, 2.75) is 58.5 Å². The summed E-state index contributed by atoms with van der Waals surface area (Å²) in [6, 6.07) is 0. The van der Waals surface area contributed by atoms with E-state index in [0.29, 0.717) is 12.3 Å². The minimum atomic E-state index is -1.06. The number of carboxylic acids is 1. The average molecular weight is 242 g/mol. The van der Waals surface area contributed by atoms with Crippen molar-refractivity contribution < 1.29 is 19.4 Å². The fraction of sp³-hybridized carbons (Fsp3) is 0.846. The molecule has 1 N–H and O–H groups in total. The third-order valence-electron chi connectivity index (χ3n) is 3.03. The molecule has 0 aromatic heterocycles. The number of carboxylic acid groups (broad SMARTS) is 1. The molecule has 1 atom stereocenters. The van der Waals surface area contributed by atoms with Crippen molar-refractivity contribution in [2.75, 3.05) is 0 Å². The Kier molecular flexibility index (Phi) is 4.54. The predicted molar refractivity (Wildman–Crippen MR) is 63.5 cm³/mol. The highest BCUT2D eigenvalue weighted by Crippen LogP contribution is 2.31. The van der Waals surface area contributed by atoms with Crippen molar-refractivity contribution in [1.82, 2.24) is 0 Å². The van der Waals surface area contributed by atoms with Gasteiger partial charge < -0.3 is 9.84 Å². The number of hydrogen-bond donors (Lipinski definition) is 1. The molecule has 1 unspecified atom stereocenters. The summed E-state index contributed by atoms with van der Waals surface area (Å²) in [5, 5.41) is 9.10. The van der Waals surface area contributed by atoms with Gasteiger partial charge in [-0.3, -0.25) is 9.59 Å². The van der Waals surface area contributed by atoms with Gasteiger partial charge in [-0.2, -0.15) is 0 Å². The van der Waals surface area contributed by atoms with Crippen LogP contribution in [-0.2, 0) is 14.3 Å². The zero-order chi connectivity index (χ0) is 13.1. The molecule has 1 rings (SSSR count). The normalized spacial score (nSPS) is 19.0. The maximum atomic E-state index is 11.8. The topological polar surface area (TPSA) is 63.6 Å². The Morgan fingerprint density at radius 1 is 1.29 bits per heavy atom. The molecular weight excluding hydrogens is 220 g/mol. The molecule has 1 saturated carbocycles. The highest BCUT2D eigenvalue weighted by Gasteiger charge is 2.34. The maximum Gasteiger partial charge on any atom is 0.320 e. The molecule has 4 nitrogen and oxygen atoms in total. The lowest BCUT2D eigenvalue weighted by Gasteiger charge is -2.23. The molecule has 1 aliphatic rings. The van der Waals surface area contributed by atoms with Gasteiger partial charge in [0.1, 0.15) is 5.60 Å². The summed E-state index contributed by atoms with van der Waals surface area (Å²) in [6.45, 7) is 5.25. The summed E-state index contributed by atoms with van der Waals surface area (Å²) < 4.78 is 5.15. The first-order valence-corrected chi connectivity index (χ1v) is 6.25. The monoisotopic (exact) mass is 242 g/mol. The summed E-state index contributed by atoms with van der Waals surface area (Å²) in [6.07, 6.45) is 4.78. The number of aliphatic carboxylic acids is 1. The van der Waals surface area contributed by atoms with E-state index in [1.165, 1.54) is 0 Å². The van der Waals surface area contributed by atoms with Crippen molar-refractivity contribution in [3.8, 4) is 0 Å². The smallest absolute Gasteiger partial charge is 0.320 e. The Labute approximate surface area is 102 Å². The Balaban J connectivity index is 2.58. The average Bonchev–Trinajstić information content (AvgIpc) is 2.62. The quantitative estimate of drug-likeness (QED) is 0.608. The molecule has 0 spiro atoms. The van der Waals surface area contributed by atoms with Crippen molar-refractivity contribution >= 4 is 11.9 Å². The van der Waals surface area contributed by atoms with Gasteiger partial charge in [0.15, 0.2) is 5.92 Å². The molecule has 1 fully saturated rings. The molecule has 98 valence electrons. The molecule has 0 bridgehead atoms. The van der Waals surface area contributed by atoms with E-state index in [0.717, 1.165) is 25.7 Å². The van der Waals surface area contributed by atoms with Crippen LogP contribution in [0.5, 0.6) is 0 Å². The molecule has 4 heteroatoms. The molecule has 0 amide bonds. The fourth-order valence-corrected chi connectivity index (χ4v) is 2.25. The summed E-state index contributed by atoms with van der Waals surface area (Å²) in [4.78, 5) is 22.9. The molecule has 17 heavy (non-hydrogen) atoms. The zero-order valence-electron chi connectivity index (χ0n) is 10.9. The second-order valence-electron chi connectivity index (χ2n) is 5.81. The lowest BCUT2D eigenvalue weighted by atomic mass is 9.93. The minimum Gasteiger partial charge on any atom is -0.481 e. The molecule has 0 saturated heterocycles. The van der Waals surface area contributed by atoms with E-state index < -0.39 is 23.5 Å². The lowest BCUT2D eigenvalue weighted by molar-refractivity contribution is -0.167. The third-order valence-corrected chi connectivity index (χ3v) is 3.03. The van der Waals surface area contributed by atoms with Crippen LogP contribution in [0.3, 0.4) is 0 Å². The number of ether oxygens (including phenoxy) is 1. The number of carbonyl (C=O) groups is 2. The Morgan fingerprint density at radius 2 is 1.82 bits per heavy atom. The molecule has 0 aliphatic heterocycles. The van der Waals surface area contributed by atoms with E-state index in [-0.39, 0.29) is 0 Å². The van der Waals surface area contributed by atoms with Gasteiger partial charge in [0.25, 0.3) is 0 Å². The number of rotatable bonds is 4. The number of carbonyl (C=O) groups excluding carboxylic acids is 1. The second kappa shape index (κ2) is 5.52. The van der Waals surface area contributed by atoms with Gasteiger partial charge in [-0.15, -0.1) is 0 Å². The van der Waals surface area contributed by atoms with E-state index in [4.69, 9.17) is 9.84 Å². The van der Waals surface area contributed by atoms with Crippen molar-refractivity contribution in [2.24, 2.45) is 11.8 Å². The molecule has 1 aliphatic carbocycles. The van der Waals surface area contributed by atoms with Crippen molar-refractivity contribution in [1.29, 1.82) is 0 Å². The van der Waals surface area contributed by atoms with Crippen LogP contribution in [0.4, 0.5) is 0 Å². The highest BCUT2D eigenvalue weighted by atomic mass is 16.6. The van der Waals surface area contributed by atoms with E-state index in [2.05, 4.69) is 0 Å². The summed E-state index contributed by atoms with van der Waals surface area (Å²) >= 11 is 0. The number of hydrogen-bond acceptors (Lipinski definition) is 3. The summed E-state index contributed by atoms with van der Waals surface area (Å²) in [5.41, 5.74) is -0.625. The Morgan fingerprint density at radius 3 is 2.24 bits per heavy atom. The van der Waals surface area contributed by atoms with Gasteiger partial charge in [0.2, 0.25) is 0 Å². The van der Waals surface area contributed by atoms with Crippen LogP contribution in [0.25, 0.3) is 0 Å². The largest absolute Gasteiger partial charge is 0.481 e. The van der Waals surface area contributed by atoms with Crippen LogP contribution in [0.15, 0.2) is 0 Å². The van der Waals surface area contributed by atoms with Crippen LogP contribution in [-0.4, -0.2) is 22.6 Å². The molecule has 0 aromatic rings. The summed E-state index contributed by atoms with van der Waals surface area (Å²) in [5.74, 6) is -2.30. The first kappa shape index (κ1) is 14.0. The van der Waals surface area contributed by atoms with Crippen LogP contribution in [0.2, 0.25) is 0 Å². The van der Waals surface area contributed by atoms with Crippen LogP contribution >= 0.6 is 0 Å². The molecule has 0 aromatic carbocycles. The number of esters is 1. The predicted octanol–water partition coefficient (Wildman–Crippen LogP) is 2.61. The van der Waals surface area contributed by atoms with Gasteiger partial charge in [-0.25, -0.2) is 0 Å². The van der Waals surface area contributed by atoms with Crippen molar-refractivity contribution in [3.63, 3.8) is 0 Å². The molecule has 0 heterocycles. The van der Waals surface area contributed by atoms with Crippen LogP contribution in [0, 0.1) is 11.8 Å². The van der Waals surface area contributed by atoms with Gasteiger partial charge in [-0.05, 0) is 33.1 Å². The standard InChI is InChI=1S/C13H22O4/c1-13(2,3)17-12(16)10(11(14)15)8-9-6-4-5-7-9/h9-10H,4-8H2,1-3H3,(H,14,15). The van der Waals surface area contributed by atoms with Gasteiger partial charge in [0, 0.05) is 0 Å². The van der Waals surface area contributed by atoms with Gasteiger partial charge in [-0.1, -0.05) is 25.7 Å². The first-order valence-electron chi connectivity index (χ1n) is 6.25. The van der Waals surface area contributed by atoms with Gasteiger partial charge in [0.05, 0.1) is 0 Å². The van der Waals surface area contributed by atoms with Crippen LogP contribution in [0.1, 0.15) is 52.9 Å². The summed E-state index contributed by atoms with van der Waals surface area (Å²) in [7, 11) is 0. The maximum absolute atomic E-state index is 11.8. The SMILES string of the molecule is CC(C)(C)OC(=O)C(CC1CCCC1)C(=O)O. The van der Waals surface area contributed by atoms with E-state index in [1.54, 1.807) is 20.8 Å². The second-order valence-corrected chi connectivity index (χ2v) is 5.81. The van der Waals surface area contributed by atoms with Gasteiger partial charge >= 0.3 is 11.9 Å². The highest BCUT2D eigenvalue weighted by molar-refractivity contribution is 5.94. The fourth-order valence-electron chi connectivity index (χ4n) is 2.25. The zero-order valence-corrected chi connectivity index (χ0v) is 10.9. The molecular formula is C13H22O4. The van der Waals surface area contributed by atoms with Crippen molar-refractivity contribution in [3.05, 3.63) is 0 Å². The third kappa shape index (κ3) is 4.75. The Hall–Kier alpha value is -1.06. The molecule has 0 radical (unpaired) electrons. The van der Waals surface area contributed by atoms with E-state index in [9.17, 15) is 9.59 Å². The van der Waals surface area contributed by atoms with E-state index in [1.807, 2.05) is 0 Å². The Bertz CT molecular complexity index is 284. The van der Waals surface area contributed by atoms with E-state index >= 15 is 0 Å². The van der Waals surface area contributed by atoms with Crippen LogP contribution < -0.4 is 0 Å².